The first-order chi connectivity index (χ1) is 5.59. The summed E-state index contributed by atoms with van der Waals surface area (Å²) in [4.78, 5) is 3.42. The second-order valence-electron chi connectivity index (χ2n) is 1.80. The van der Waals surface area contributed by atoms with Crippen molar-refractivity contribution in [3.05, 3.63) is 21.7 Å². The zero-order valence-electron chi connectivity index (χ0n) is 5.60. The van der Waals surface area contributed by atoms with Gasteiger partial charge in [-0.3, -0.25) is 0 Å². The van der Waals surface area contributed by atoms with E-state index in [2.05, 4.69) is 9.72 Å². The molecular formula is C6H3F3INO. The minimum Gasteiger partial charge on any atom is -0.414 e. The van der Waals surface area contributed by atoms with Crippen LogP contribution in [0.15, 0.2) is 12.1 Å². The van der Waals surface area contributed by atoms with E-state index in [1.54, 1.807) is 22.6 Å². The summed E-state index contributed by atoms with van der Waals surface area (Å²) in [5, 5.41) is 0. The molecule has 0 aliphatic carbocycles. The predicted octanol–water partition coefficient (Wildman–Crippen LogP) is 2.43. The van der Waals surface area contributed by atoms with Gasteiger partial charge in [-0.1, -0.05) is 0 Å². The van der Waals surface area contributed by atoms with E-state index in [-0.39, 0.29) is 0 Å². The molecule has 0 N–H and O–H groups in total. The van der Waals surface area contributed by atoms with Gasteiger partial charge in [-0.15, -0.1) is 0 Å². The zero-order valence-corrected chi connectivity index (χ0v) is 7.76. The highest BCUT2D eigenvalue weighted by molar-refractivity contribution is 14.1. The molecule has 1 aromatic rings. The van der Waals surface area contributed by atoms with Gasteiger partial charge in [0.1, 0.15) is 3.70 Å². The van der Waals surface area contributed by atoms with Crippen LogP contribution in [0, 0.1) is 9.52 Å². The number of hydrogen-bond acceptors (Lipinski definition) is 2. The molecule has 0 radical (unpaired) electrons. The van der Waals surface area contributed by atoms with Gasteiger partial charge in [-0.25, -0.2) is 9.37 Å². The van der Waals surface area contributed by atoms with Gasteiger partial charge in [0.15, 0.2) is 5.82 Å². The first kappa shape index (κ1) is 9.56. The van der Waals surface area contributed by atoms with Crippen molar-refractivity contribution in [1.29, 1.82) is 0 Å². The average molecular weight is 289 g/mol. The van der Waals surface area contributed by atoms with E-state index in [0.717, 1.165) is 6.07 Å². The van der Waals surface area contributed by atoms with Gasteiger partial charge in [-0.05, 0) is 34.7 Å². The second-order valence-corrected chi connectivity index (χ2v) is 2.90. The zero-order chi connectivity index (χ0) is 9.14. The maximum atomic E-state index is 12.6. The molecule has 2 nitrogen and oxygen atoms in total. The number of ether oxygens (including phenoxy) is 1. The lowest BCUT2D eigenvalue weighted by Gasteiger charge is -2.03. The molecule has 0 spiro atoms. The Kier molecular flexibility index (Phi) is 3.12. The van der Waals surface area contributed by atoms with Gasteiger partial charge < -0.3 is 4.74 Å². The highest BCUT2D eigenvalue weighted by Gasteiger charge is 2.11. The Balaban J connectivity index is 2.90. The third kappa shape index (κ3) is 2.50. The van der Waals surface area contributed by atoms with Gasteiger partial charge in [0, 0.05) is 0 Å². The summed E-state index contributed by atoms with van der Waals surface area (Å²) >= 11 is 1.77. The van der Waals surface area contributed by atoms with Crippen LogP contribution < -0.4 is 4.74 Å². The van der Waals surface area contributed by atoms with Gasteiger partial charge >= 0.3 is 6.61 Å². The van der Waals surface area contributed by atoms with Crippen molar-refractivity contribution >= 4 is 22.6 Å². The molecule has 0 saturated heterocycles. The van der Waals surface area contributed by atoms with Crippen LogP contribution >= 0.6 is 22.6 Å². The van der Waals surface area contributed by atoms with Crippen LogP contribution in [-0.4, -0.2) is 11.6 Å². The summed E-state index contributed by atoms with van der Waals surface area (Å²) in [6.45, 7) is -3.05. The first-order valence-corrected chi connectivity index (χ1v) is 3.94. The molecule has 0 fully saturated rings. The lowest BCUT2D eigenvalue weighted by Crippen LogP contribution is -2.05. The topological polar surface area (TPSA) is 22.1 Å². The quantitative estimate of drug-likeness (QED) is 0.616. The fourth-order valence-electron chi connectivity index (χ4n) is 0.568. The molecule has 0 aliphatic rings. The normalized spacial score (nSPS) is 10.4. The molecule has 0 bridgehead atoms. The summed E-state index contributed by atoms with van der Waals surface area (Å²) in [6.07, 6.45) is 0. The number of hydrogen-bond donors (Lipinski definition) is 0. The van der Waals surface area contributed by atoms with Crippen molar-refractivity contribution in [1.82, 2.24) is 4.98 Å². The predicted molar refractivity (Wildman–Crippen MR) is 43.5 cm³/mol. The average Bonchev–Trinajstić information content (AvgIpc) is 1.96. The van der Waals surface area contributed by atoms with Crippen molar-refractivity contribution in [2.75, 3.05) is 0 Å². The molecule has 12 heavy (non-hydrogen) atoms. The summed E-state index contributed by atoms with van der Waals surface area (Å²) < 4.78 is 40.0. The third-order valence-corrected chi connectivity index (χ3v) is 1.58. The number of alkyl halides is 2. The van der Waals surface area contributed by atoms with Crippen LogP contribution in [0.2, 0.25) is 0 Å². The van der Waals surface area contributed by atoms with E-state index >= 15 is 0 Å². The standard InChI is InChI=1S/C6H3F3INO/c7-3-1-2-4(10)11-5(3)12-6(8)9/h1-2,6H. The molecule has 0 saturated carbocycles. The fraction of sp³-hybridized carbons (Fsp3) is 0.167. The van der Waals surface area contributed by atoms with E-state index in [4.69, 9.17) is 0 Å². The molecule has 0 atom stereocenters. The van der Waals surface area contributed by atoms with E-state index < -0.39 is 18.3 Å². The van der Waals surface area contributed by atoms with E-state index in [1.807, 2.05) is 0 Å². The minimum absolute atomic E-state index is 0.393. The van der Waals surface area contributed by atoms with Crippen molar-refractivity contribution in [2.24, 2.45) is 0 Å². The van der Waals surface area contributed by atoms with Crippen LogP contribution in [-0.2, 0) is 0 Å². The van der Waals surface area contributed by atoms with Crippen molar-refractivity contribution < 1.29 is 17.9 Å². The summed E-state index contributed by atoms with van der Waals surface area (Å²) in [5.41, 5.74) is 0. The van der Waals surface area contributed by atoms with Gasteiger partial charge in [0.05, 0.1) is 0 Å². The maximum absolute atomic E-state index is 12.6. The second kappa shape index (κ2) is 3.92. The van der Waals surface area contributed by atoms with Crippen LogP contribution in [0.25, 0.3) is 0 Å². The lowest BCUT2D eigenvalue weighted by molar-refractivity contribution is -0.0554. The van der Waals surface area contributed by atoms with Crippen LogP contribution in [0.4, 0.5) is 13.2 Å². The van der Waals surface area contributed by atoms with Gasteiger partial charge in [-0.2, -0.15) is 8.78 Å². The SMILES string of the molecule is Fc1ccc(I)nc1OC(F)F. The smallest absolute Gasteiger partial charge is 0.388 e. The summed E-state index contributed by atoms with van der Waals surface area (Å²) in [6, 6.07) is 2.38. The van der Waals surface area contributed by atoms with Crippen molar-refractivity contribution in [3.63, 3.8) is 0 Å². The molecule has 66 valence electrons. The molecular weight excluding hydrogens is 286 g/mol. The highest BCUT2D eigenvalue weighted by Crippen LogP contribution is 2.17. The Bertz CT molecular complexity index is 281. The van der Waals surface area contributed by atoms with E-state index in [1.165, 1.54) is 6.07 Å². The summed E-state index contributed by atoms with van der Waals surface area (Å²) in [7, 11) is 0. The monoisotopic (exact) mass is 289 g/mol. The Morgan fingerprint density at radius 2 is 2.08 bits per heavy atom. The summed E-state index contributed by atoms with van der Waals surface area (Å²) in [5.74, 6) is -1.56. The van der Waals surface area contributed by atoms with Gasteiger partial charge in [0.2, 0.25) is 0 Å². The third-order valence-electron chi connectivity index (χ3n) is 0.981. The Hall–Kier alpha value is -0.530. The van der Waals surface area contributed by atoms with E-state index in [0.29, 0.717) is 3.70 Å². The molecule has 1 rings (SSSR count). The van der Waals surface area contributed by atoms with Crippen molar-refractivity contribution in [3.8, 4) is 5.88 Å². The van der Waals surface area contributed by atoms with Crippen LogP contribution in [0.1, 0.15) is 0 Å². The van der Waals surface area contributed by atoms with Gasteiger partial charge in [0.25, 0.3) is 5.88 Å². The number of nitrogens with zero attached hydrogens (tertiary/aromatic N) is 1. The van der Waals surface area contributed by atoms with Crippen LogP contribution in [0.3, 0.4) is 0 Å². The lowest BCUT2D eigenvalue weighted by atomic mass is 10.5. The molecule has 0 aromatic carbocycles. The van der Waals surface area contributed by atoms with Crippen LogP contribution in [0.5, 0.6) is 5.88 Å². The fourth-order valence-corrected chi connectivity index (χ4v) is 0.967. The molecule has 0 amide bonds. The number of halogens is 4. The molecule has 1 aromatic heterocycles. The number of pyridine rings is 1. The Morgan fingerprint density at radius 1 is 1.42 bits per heavy atom. The largest absolute Gasteiger partial charge is 0.414 e. The minimum atomic E-state index is -3.05. The Labute approximate surface area is 79.9 Å². The first-order valence-electron chi connectivity index (χ1n) is 2.86. The van der Waals surface area contributed by atoms with E-state index in [9.17, 15) is 13.2 Å². The molecule has 1 heterocycles. The Morgan fingerprint density at radius 3 is 2.67 bits per heavy atom. The molecule has 0 unspecified atom stereocenters. The van der Waals surface area contributed by atoms with Crippen molar-refractivity contribution in [2.45, 2.75) is 6.61 Å². The maximum Gasteiger partial charge on any atom is 0.388 e. The molecule has 6 heteroatoms. The molecule has 0 aliphatic heterocycles. The number of aromatic nitrogens is 1. The number of rotatable bonds is 2. The highest BCUT2D eigenvalue weighted by atomic mass is 127.